The molecule has 0 radical (unpaired) electrons. The molecule has 0 aromatic heterocycles. The highest BCUT2D eigenvalue weighted by Gasteiger charge is 2.02. The zero-order valence-corrected chi connectivity index (χ0v) is 6.36. The van der Waals surface area contributed by atoms with Crippen molar-refractivity contribution in [3.63, 3.8) is 0 Å². The number of para-hydroxylation sites is 1. The second-order valence-electron chi connectivity index (χ2n) is 2.02. The van der Waals surface area contributed by atoms with Gasteiger partial charge in [0.2, 0.25) is 0 Å². The van der Waals surface area contributed by atoms with Gasteiger partial charge in [0, 0.05) is 9.82 Å². The molecule has 0 aliphatic rings. The van der Waals surface area contributed by atoms with Crippen molar-refractivity contribution >= 4 is 11.4 Å². The maximum absolute atomic E-state index is 9.32. The third-order valence-electron chi connectivity index (χ3n) is 1.30. The highest BCUT2D eigenvalue weighted by molar-refractivity contribution is 5.64. The third-order valence-corrected chi connectivity index (χ3v) is 1.30. The molecule has 7 heteroatoms. The van der Waals surface area contributed by atoms with Gasteiger partial charge in [0.25, 0.3) is 0 Å². The lowest BCUT2D eigenvalue weighted by Gasteiger charge is -1.99. The van der Waals surface area contributed by atoms with Crippen LogP contribution < -0.4 is 0 Å². The van der Waals surface area contributed by atoms with Crippen molar-refractivity contribution in [3.05, 3.63) is 39.1 Å². The van der Waals surface area contributed by atoms with Crippen molar-refractivity contribution in [2.75, 3.05) is 0 Å². The van der Waals surface area contributed by atoms with Crippen LogP contribution in [0.15, 0.2) is 28.4 Å². The first kappa shape index (κ1) is 8.73. The molecule has 0 bridgehead atoms. The summed E-state index contributed by atoms with van der Waals surface area (Å²) >= 11 is 0. The van der Waals surface area contributed by atoms with E-state index in [1.54, 1.807) is 0 Å². The Morgan fingerprint density at radius 1 is 1.08 bits per heavy atom. The van der Waals surface area contributed by atoms with Crippen LogP contribution in [-0.4, -0.2) is 5.11 Å². The number of rotatable bonds is 2. The quantitative estimate of drug-likeness (QED) is 0.415. The summed E-state index contributed by atoms with van der Waals surface area (Å²) in [6, 6.07) is 4.32. The Labute approximate surface area is 72.5 Å². The average Bonchev–Trinajstić information content (AvgIpc) is 2.13. The number of aromatic hydroxyl groups is 1. The molecule has 1 aromatic carbocycles. The van der Waals surface area contributed by atoms with Gasteiger partial charge in [-0.2, -0.15) is 0 Å². The topological polar surface area (TPSA) is 118 Å². The number of hydrogen-bond donors (Lipinski definition) is 1. The molecule has 13 heavy (non-hydrogen) atoms. The van der Waals surface area contributed by atoms with Gasteiger partial charge < -0.3 is 5.11 Å². The van der Waals surface area contributed by atoms with Gasteiger partial charge in [-0.1, -0.05) is 16.3 Å². The van der Waals surface area contributed by atoms with Crippen LogP contribution >= 0.6 is 0 Å². The Hall–Kier alpha value is -2.36. The third kappa shape index (κ3) is 1.81. The largest absolute Gasteiger partial charge is 0.507 e. The van der Waals surface area contributed by atoms with Crippen LogP contribution in [0.1, 0.15) is 0 Å². The normalized spacial score (nSPS) is 8.31. The highest BCUT2D eigenvalue weighted by Crippen LogP contribution is 2.35. The summed E-state index contributed by atoms with van der Waals surface area (Å²) in [5.74, 6) is -0.321. The Balaban J connectivity index is 3.33. The summed E-state index contributed by atoms with van der Waals surface area (Å²) in [6.45, 7) is 0. The monoisotopic (exact) mass is 176 g/mol. The molecule has 0 aliphatic carbocycles. The van der Waals surface area contributed by atoms with Crippen LogP contribution in [0.25, 0.3) is 20.9 Å². The predicted octanol–water partition coefficient (Wildman–Crippen LogP) is 3.28. The molecule has 0 amide bonds. The molecule has 0 aliphatic heterocycles. The van der Waals surface area contributed by atoms with Gasteiger partial charge in [-0.05, 0) is 23.2 Å². The number of hydrogen-bond acceptors (Lipinski definition) is 3. The molecular formula is C6H4N6O. The molecule has 0 spiro atoms. The molecule has 0 saturated heterocycles. The van der Waals surface area contributed by atoms with Crippen LogP contribution in [-0.2, 0) is 0 Å². The van der Waals surface area contributed by atoms with E-state index in [4.69, 9.17) is 11.1 Å². The summed E-state index contributed by atoms with van der Waals surface area (Å²) in [5, 5.41) is 15.7. The fourth-order valence-electron chi connectivity index (χ4n) is 0.777. The van der Waals surface area contributed by atoms with Crippen molar-refractivity contribution in [3.8, 4) is 5.75 Å². The number of benzene rings is 1. The fraction of sp³-hybridized carbons (Fsp3) is 0. The zero-order chi connectivity index (χ0) is 9.68. The van der Waals surface area contributed by atoms with E-state index in [-0.39, 0.29) is 17.1 Å². The highest BCUT2D eigenvalue weighted by atomic mass is 16.3. The van der Waals surface area contributed by atoms with Crippen molar-refractivity contribution in [1.82, 2.24) is 0 Å². The average molecular weight is 176 g/mol. The molecular weight excluding hydrogens is 172 g/mol. The van der Waals surface area contributed by atoms with Gasteiger partial charge >= 0.3 is 0 Å². The molecule has 1 rings (SSSR count). The first-order chi connectivity index (χ1) is 6.29. The summed E-state index contributed by atoms with van der Waals surface area (Å²) in [7, 11) is 0. The second-order valence-corrected chi connectivity index (χ2v) is 2.02. The molecule has 0 atom stereocenters. The van der Waals surface area contributed by atoms with Gasteiger partial charge in [-0.3, -0.25) is 0 Å². The molecule has 1 N–H and O–H groups in total. The number of nitrogens with zero attached hydrogens (tertiary/aromatic N) is 6. The number of phenols is 1. The van der Waals surface area contributed by atoms with E-state index in [1.165, 1.54) is 18.2 Å². The van der Waals surface area contributed by atoms with Gasteiger partial charge in [-0.15, -0.1) is 0 Å². The van der Waals surface area contributed by atoms with Crippen molar-refractivity contribution in [1.29, 1.82) is 0 Å². The van der Waals surface area contributed by atoms with Crippen molar-refractivity contribution in [2.24, 2.45) is 10.2 Å². The first-order valence-corrected chi connectivity index (χ1v) is 3.21. The van der Waals surface area contributed by atoms with Crippen LogP contribution in [0.2, 0.25) is 0 Å². The Morgan fingerprint density at radius 2 is 1.54 bits per heavy atom. The number of azide groups is 2. The van der Waals surface area contributed by atoms with E-state index in [1.807, 2.05) is 0 Å². The number of phenolic OH excluding ortho intramolecular Hbond substituents is 1. The Kier molecular flexibility index (Phi) is 2.60. The van der Waals surface area contributed by atoms with Crippen LogP contribution in [0.5, 0.6) is 5.75 Å². The van der Waals surface area contributed by atoms with Crippen LogP contribution in [0.4, 0.5) is 11.4 Å². The fourth-order valence-corrected chi connectivity index (χ4v) is 0.777. The summed E-state index contributed by atoms with van der Waals surface area (Å²) in [6.07, 6.45) is 0. The van der Waals surface area contributed by atoms with Crippen LogP contribution in [0.3, 0.4) is 0 Å². The van der Waals surface area contributed by atoms with Gasteiger partial charge in [0.05, 0.1) is 11.4 Å². The van der Waals surface area contributed by atoms with E-state index in [0.29, 0.717) is 0 Å². The lowest BCUT2D eigenvalue weighted by Crippen LogP contribution is -1.67. The predicted molar refractivity (Wildman–Crippen MR) is 45.7 cm³/mol. The Bertz CT molecular complexity index is 379. The molecule has 0 saturated carbocycles. The van der Waals surface area contributed by atoms with E-state index < -0.39 is 0 Å². The minimum Gasteiger partial charge on any atom is -0.507 e. The van der Waals surface area contributed by atoms with E-state index in [9.17, 15) is 5.11 Å². The minimum absolute atomic E-state index is 0.0346. The minimum atomic E-state index is -0.321. The molecule has 7 nitrogen and oxygen atoms in total. The Morgan fingerprint density at radius 3 is 1.92 bits per heavy atom. The van der Waals surface area contributed by atoms with Crippen molar-refractivity contribution in [2.45, 2.75) is 0 Å². The standard InChI is InChI=1S/C6H4N6O/c7-11-9-4-2-1-3-5(6(4)13)10-12-8/h1-3,13H. The smallest absolute Gasteiger partial charge is 0.134 e. The first-order valence-electron chi connectivity index (χ1n) is 3.21. The zero-order valence-electron chi connectivity index (χ0n) is 6.36. The van der Waals surface area contributed by atoms with Gasteiger partial charge in [0.15, 0.2) is 0 Å². The van der Waals surface area contributed by atoms with E-state index in [2.05, 4.69) is 20.1 Å². The summed E-state index contributed by atoms with van der Waals surface area (Å²) in [5.41, 5.74) is 16.3. The second kappa shape index (κ2) is 3.87. The maximum Gasteiger partial charge on any atom is 0.134 e. The molecule has 0 fully saturated rings. The van der Waals surface area contributed by atoms with Gasteiger partial charge in [-0.25, -0.2) is 0 Å². The maximum atomic E-state index is 9.32. The van der Waals surface area contributed by atoms with E-state index >= 15 is 0 Å². The SMILES string of the molecule is [N-]=[N+]=Nc1cccc(N=[N+]=[N-])c1O. The molecule has 0 heterocycles. The molecule has 0 unspecified atom stereocenters. The van der Waals surface area contributed by atoms with Gasteiger partial charge in [0.1, 0.15) is 5.75 Å². The van der Waals surface area contributed by atoms with Crippen molar-refractivity contribution < 1.29 is 5.11 Å². The van der Waals surface area contributed by atoms with E-state index in [0.717, 1.165) is 0 Å². The lowest BCUT2D eigenvalue weighted by molar-refractivity contribution is 0.478. The molecule has 64 valence electrons. The summed E-state index contributed by atoms with van der Waals surface area (Å²) in [4.78, 5) is 5.00. The molecule has 1 aromatic rings. The lowest BCUT2D eigenvalue weighted by atomic mass is 10.2. The summed E-state index contributed by atoms with van der Waals surface area (Å²) < 4.78 is 0. The van der Waals surface area contributed by atoms with Crippen LogP contribution in [0, 0.1) is 0 Å².